The maximum absolute atomic E-state index is 12.1. The van der Waals surface area contributed by atoms with Crippen LogP contribution in [0, 0.1) is 0 Å². The van der Waals surface area contributed by atoms with Crippen LogP contribution in [0.5, 0.6) is 5.75 Å². The van der Waals surface area contributed by atoms with Gasteiger partial charge in [0.15, 0.2) is 0 Å². The normalized spacial score (nSPS) is 12.3. The molecule has 1 atom stereocenters. The molecule has 0 aliphatic heterocycles. The molecule has 0 spiro atoms. The van der Waals surface area contributed by atoms with Crippen molar-refractivity contribution in [3.63, 3.8) is 0 Å². The van der Waals surface area contributed by atoms with Gasteiger partial charge in [0.05, 0.1) is 0 Å². The topological polar surface area (TPSA) is 55.6 Å². The molecular weight excluding hydrogens is 309 g/mol. The predicted molar refractivity (Wildman–Crippen MR) is 75.1 cm³/mol. The molecule has 0 aliphatic carbocycles. The number of nitrogens with two attached hydrogens (primary N) is 1. The molecule has 120 valence electrons. The number of benzene rings is 1. The lowest BCUT2D eigenvalue weighted by Crippen LogP contribution is -2.31. The summed E-state index contributed by atoms with van der Waals surface area (Å²) in [6, 6.07) is 5.27. The number of halogens is 4. The summed E-state index contributed by atoms with van der Waals surface area (Å²) in [6.45, 7) is 1.91. The molecule has 0 fully saturated rings. The summed E-state index contributed by atoms with van der Waals surface area (Å²) >= 11 is 0. The van der Waals surface area contributed by atoms with Crippen molar-refractivity contribution >= 4 is 18.3 Å². The Morgan fingerprint density at radius 2 is 2.05 bits per heavy atom. The van der Waals surface area contributed by atoms with Crippen LogP contribution in [0.4, 0.5) is 13.2 Å². The van der Waals surface area contributed by atoms with E-state index in [1.165, 1.54) is 23.1 Å². The summed E-state index contributed by atoms with van der Waals surface area (Å²) in [4.78, 5) is 13.1. The van der Waals surface area contributed by atoms with E-state index in [1.54, 1.807) is 20.0 Å². The SMILES string of the molecule is CC(N)CC(=O)N(C)Cc1cccc(OC(F)(F)F)c1.Cl. The number of alkyl halides is 3. The second kappa shape index (κ2) is 8.09. The van der Waals surface area contributed by atoms with Gasteiger partial charge in [-0.1, -0.05) is 12.1 Å². The lowest BCUT2D eigenvalue weighted by Gasteiger charge is -2.19. The van der Waals surface area contributed by atoms with Crippen molar-refractivity contribution in [1.82, 2.24) is 4.90 Å². The van der Waals surface area contributed by atoms with Gasteiger partial charge in [-0.05, 0) is 24.6 Å². The monoisotopic (exact) mass is 326 g/mol. The van der Waals surface area contributed by atoms with E-state index in [1.807, 2.05) is 0 Å². The molecule has 1 aromatic carbocycles. The third kappa shape index (κ3) is 7.77. The van der Waals surface area contributed by atoms with Gasteiger partial charge in [-0.2, -0.15) is 0 Å². The number of ether oxygens (including phenoxy) is 1. The fourth-order valence-electron chi connectivity index (χ4n) is 1.63. The highest BCUT2D eigenvalue weighted by Gasteiger charge is 2.31. The van der Waals surface area contributed by atoms with Crippen LogP contribution in [0.3, 0.4) is 0 Å². The van der Waals surface area contributed by atoms with Crippen molar-refractivity contribution in [2.24, 2.45) is 5.73 Å². The summed E-state index contributed by atoms with van der Waals surface area (Å²) in [5, 5.41) is 0. The van der Waals surface area contributed by atoms with Crippen LogP contribution in [-0.4, -0.2) is 30.3 Å². The Kier molecular flexibility index (Phi) is 7.52. The van der Waals surface area contributed by atoms with Gasteiger partial charge in [0.2, 0.25) is 5.91 Å². The second-order valence-corrected chi connectivity index (χ2v) is 4.63. The molecule has 1 aromatic rings. The first-order valence-corrected chi connectivity index (χ1v) is 6.01. The first-order chi connectivity index (χ1) is 9.17. The fourth-order valence-corrected chi connectivity index (χ4v) is 1.63. The second-order valence-electron chi connectivity index (χ2n) is 4.63. The molecule has 2 N–H and O–H groups in total. The Labute approximate surface area is 127 Å². The third-order valence-corrected chi connectivity index (χ3v) is 2.47. The average Bonchev–Trinajstić information content (AvgIpc) is 2.25. The molecule has 0 aromatic heterocycles. The molecule has 0 heterocycles. The summed E-state index contributed by atoms with van der Waals surface area (Å²) < 4.78 is 40.1. The van der Waals surface area contributed by atoms with E-state index in [0.717, 1.165) is 0 Å². The first-order valence-electron chi connectivity index (χ1n) is 6.01. The Morgan fingerprint density at radius 3 is 2.57 bits per heavy atom. The lowest BCUT2D eigenvalue weighted by molar-refractivity contribution is -0.274. The van der Waals surface area contributed by atoms with Crippen molar-refractivity contribution in [3.05, 3.63) is 29.8 Å². The number of amides is 1. The molecule has 0 aliphatic rings. The highest BCUT2D eigenvalue weighted by Crippen LogP contribution is 2.23. The number of hydrogen-bond acceptors (Lipinski definition) is 3. The quantitative estimate of drug-likeness (QED) is 0.905. The van der Waals surface area contributed by atoms with Crippen LogP contribution in [0.15, 0.2) is 24.3 Å². The van der Waals surface area contributed by atoms with E-state index < -0.39 is 6.36 Å². The van der Waals surface area contributed by atoms with Crippen LogP contribution >= 0.6 is 12.4 Å². The van der Waals surface area contributed by atoms with Gasteiger partial charge in [-0.3, -0.25) is 4.79 Å². The number of carbonyl (C=O) groups is 1. The Bertz CT molecular complexity index is 467. The number of nitrogens with zero attached hydrogens (tertiary/aromatic N) is 1. The van der Waals surface area contributed by atoms with Crippen molar-refractivity contribution < 1.29 is 22.7 Å². The Morgan fingerprint density at radius 1 is 1.43 bits per heavy atom. The number of carbonyl (C=O) groups excluding carboxylic acids is 1. The molecular formula is C13H18ClF3N2O2. The minimum absolute atomic E-state index is 0. The summed E-state index contributed by atoms with van der Waals surface area (Å²) in [7, 11) is 1.57. The van der Waals surface area contributed by atoms with Gasteiger partial charge in [0.25, 0.3) is 0 Å². The van der Waals surface area contributed by atoms with Gasteiger partial charge in [0.1, 0.15) is 5.75 Å². The van der Waals surface area contributed by atoms with E-state index in [2.05, 4.69) is 4.74 Å². The van der Waals surface area contributed by atoms with E-state index in [4.69, 9.17) is 5.73 Å². The zero-order chi connectivity index (χ0) is 15.3. The highest BCUT2D eigenvalue weighted by atomic mass is 35.5. The average molecular weight is 327 g/mol. The molecule has 21 heavy (non-hydrogen) atoms. The molecule has 0 saturated carbocycles. The highest BCUT2D eigenvalue weighted by molar-refractivity contribution is 5.85. The van der Waals surface area contributed by atoms with Crippen molar-refractivity contribution in [2.75, 3.05) is 7.05 Å². The van der Waals surface area contributed by atoms with Gasteiger partial charge in [-0.15, -0.1) is 25.6 Å². The smallest absolute Gasteiger partial charge is 0.406 e. The van der Waals surface area contributed by atoms with Crippen molar-refractivity contribution in [1.29, 1.82) is 0 Å². The Balaban J connectivity index is 0.00000400. The number of hydrogen-bond donors (Lipinski definition) is 1. The van der Waals surface area contributed by atoms with E-state index >= 15 is 0 Å². The van der Waals surface area contributed by atoms with Gasteiger partial charge >= 0.3 is 6.36 Å². The van der Waals surface area contributed by atoms with Crippen LogP contribution < -0.4 is 10.5 Å². The molecule has 0 bridgehead atoms. The van der Waals surface area contributed by atoms with Crippen LogP contribution in [0.1, 0.15) is 18.9 Å². The molecule has 1 rings (SSSR count). The Hall–Kier alpha value is -1.47. The third-order valence-electron chi connectivity index (χ3n) is 2.47. The van der Waals surface area contributed by atoms with Gasteiger partial charge in [-0.25, -0.2) is 0 Å². The van der Waals surface area contributed by atoms with E-state index in [9.17, 15) is 18.0 Å². The maximum Gasteiger partial charge on any atom is 0.573 e. The molecule has 1 amide bonds. The lowest BCUT2D eigenvalue weighted by atomic mass is 10.2. The summed E-state index contributed by atoms with van der Waals surface area (Å²) in [5.41, 5.74) is 6.07. The zero-order valence-corrected chi connectivity index (χ0v) is 12.5. The molecule has 0 radical (unpaired) electrons. The van der Waals surface area contributed by atoms with Crippen LogP contribution in [0.2, 0.25) is 0 Å². The first kappa shape index (κ1) is 19.5. The minimum Gasteiger partial charge on any atom is -0.406 e. The van der Waals surface area contributed by atoms with Crippen LogP contribution in [-0.2, 0) is 11.3 Å². The number of rotatable bonds is 5. The van der Waals surface area contributed by atoms with E-state index in [0.29, 0.717) is 5.56 Å². The standard InChI is InChI=1S/C13H17F3N2O2.ClH/c1-9(17)6-12(19)18(2)8-10-4-3-5-11(7-10)20-13(14,15)16;/h3-5,7,9H,6,8,17H2,1-2H3;1H. The van der Waals surface area contributed by atoms with Crippen LogP contribution in [0.25, 0.3) is 0 Å². The molecule has 4 nitrogen and oxygen atoms in total. The van der Waals surface area contributed by atoms with Crippen molar-refractivity contribution in [2.45, 2.75) is 32.3 Å². The zero-order valence-electron chi connectivity index (χ0n) is 11.7. The fraction of sp³-hybridized carbons (Fsp3) is 0.462. The summed E-state index contributed by atoms with van der Waals surface area (Å²) in [5.74, 6) is -0.467. The minimum atomic E-state index is -4.73. The van der Waals surface area contributed by atoms with Gasteiger partial charge < -0.3 is 15.4 Å². The van der Waals surface area contributed by atoms with Gasteiger partial charge in [0, 0.05) is 26.1 Å². The van der Waals surface area contributed by atoms with Crippen molar-refractivity contribution in [3.8, 4) is 5.75 Å². The summed E-state index contributed by atoms with van der Waals surface area (Å²) in [6.07, 6.45) is -4.54. The molecule has 0 saturated heterocycles. The van der Waals surface area contributed by atoms with E-state index in [-0.39, 0.29) is 43.1 Å². The predicted octanol–water partition coefficient (Wildman–Crippen LogP) is 2.70. The molecule has 8 heteroatoms. The maximum atomic E-state index is 12.1. The largest absolute Gasteiger partial charge is 0.573 e. The molecule has 1 unspecified atom stereocenters.